The number of carbonyl (C=O) groups is 3. The SMILES string of the molecule is CC/C(C)=C(\C)N=C(C)C(=O)N[C@@H]1CCN(C(=O)/C=C/c2ccc(C(=O)O)cc2F)C[C@@H]1OC. The molecule has 184 valence electrons. The topological polar surface area (TPSA) is 108 Å². The van der Waals surface area contributed by atoms with Crippen molar-refractivity contribution in [3.05, 3.63) is 52.5 Å². The summed E-state index contributed by atoms with van der Waals surface area (Å²) in [5, 5.41) is 11.9. The van der Waals surface area contributed by atoms with Gasteiger partial charge in [0.15, 0.2) is 0 Å². The van der Waals surface area contributed by atoms with E-state index in [0.29, 0.717) is 18.7 Å². The fraction of sp³-hybridized carbons (Fsp3) is 0.440. The second-order valence-corrected chi connectivity index (χ2v) is 8.22. The molecule has 9 heteroatoms. The number of ether oxygens (including phenoxy) is 1. The number of rotatable bonds is 8. The number of nitrogens with zero attached hydrogens (tertiary/aromatic N) is 2. The van der Waals surface area contributed by atoms with Gasteiger partial charge in [0.1, 0.15) is 11.5 Å². The number of carboxylic acid groups (broad SMARTS) is 1. The van der Waals surface area contributed by atoms with Crippen LogP contribution in [0.25, 0.3) is 6.08 Å². The highest BCUT2D eigenvalue weighted by molar-refractivity contribution is 6.38. The van der Waals surface area contributed by atoms with E-state index in [1.165, 1.54) is 31.4 Å². The van der Waals surface area contributed by atoms with Crippen LogP contribution >= 0.6 is 0 Å². The number of nitrogens with one attached hydrogen (secondary N) is 1. The summed E-state index contributed by atoms with van der Waals surface area (Å²) >= 11 is 0. The number of carbonyl (C=O) groups excluding carboxylic acids is 2. The van der Waals surface area contributed by atoms with Gasteiger partial charge in [0.2, 0.25) is 5.91 Å². The van der Waals surface area contributed by atoms with Gasteiger partial charge in [0.25, 0.3) is 5.91 Å². The number of likely N-dealkylation sites (tertiary alicyclic amines) is 1. The van der Waals surface area contributed by atoms with Crippen molar-refractivity contribution in [3.8, 4) is 0 Å². The summed E-state index contributed by atoms with van der Waals surface area (Å²) in [6.45, 7) is 8.19. The molecule has 1 aliphatic rings. The highest BCUT2D eigenvalue weighted by atomic mass is 19.1. The molecular formula is C25H32FN3O5. The number of halogens is 1. The highest BCUT2D eigenvalue weighted by Crippen LogP contribution is 2.17. The third-order valence-electron chi connectivity index (χ3n) is 5.95. The highest BCUT2D eigenvalue weighted by Gasteiger charge is 2.32. The van der Waals surface area contributed by atoms with E-state index in [-0.39, 0.29) is 35.5 Å². The first-order valence-electron chi connectivity index (χ1n) is 11.1. The minimum atomic E-state index is -1.23. The first-order chi connectivity index (χ1) is 16.1. The Hall–Kier alpha value is -3.33. The summed E-state index contributed by atoms with van der Waals surface area (Å²) in [4.78, 5) is 42.1. The van der Waals surface area contributed by atoms with Gasteiger partial charge >= 0.3 is 5.97 Å². The van der Waals surface area contributed by atoms with Crippen molar-refractivity contribution in [1.82, 2.24) is 10.2 Å². The number of benzene rings is 1. The van der Waals surface area contributed by atoms with Gasteiger partial charge in [-0.05, 0) is 51.8 Å². The Kier molecular flexibility index (Phi) is 9.68. The quantitative estimate of drug-likeness (QED) is 0.444. The van der Waals surface area contributed by atoms with Crippen molar-refractivity contribution in [2.45, 2.75) is 52.7 Å². The lowest BCUT2D eigenvalue weighted by molar-refractivity contribution is -0.130. The molecule has 2 atom stereocenters. The molecule has 0 saturated carbocycles. The molecule has 0 radical (unpaired) electrons. The lowest BCUT2D eigenvalue weighted by atomic mass is 10.0. The van der Waals surface area contributed by atoms with Crippen LogP contribution in [0.3, 0.4) is 0 Å². The van der Waals surface area contributed by atoms with Gasteiger partial charge in [-0.15, -0.1) is 0 Å². The van der Waals surface area contributed by atoms with E-state index in [2.05, 4.69) is 10.3 Å². The minimum absolute atomic E-state index is 0.112. The molecule has 1 fully saturated rings. The van der Waals surface area contributed by atoms with Crippen LogP contribution in [0, 0.1) is 5.82 Å². The van der Waals surface area contributed by atoms with Crippen LogP contribution in [0.4, 0.5) is 4.39 Å². The summed E-state index contributed by atoms with van der Waals surface area (Å²) in [6.07, 6.45) is 3.49. The lowest BCUT2D eigenvalue weighted by Gasteiger charge is -2.37. The Morgan fingerprint density at radius 3 is 2.59 bits per heavy atom. The Bertz CT molecular complexity index is 1030. The van der Waals surface area contributed by atoms with Crippen LogP contribution in [-0.4, -0.2) is 65.8 Å². The fourth-order valence-electron chi connectivity index (χ4n) is 3.51. The minimum Gasteiger partial charge on any atom is -0.478 e. The molecule has 0 spiro atoms. The molecular weight excluding hydrogens is 441 g/mol. The van der Waals surface area contributed by atoms with Gasteiger partial charge < -0.3 is 20.1 Å². The smallest absolute Gasteiger partial charge is 0.335 e. The lowest BCUT2D eigenvalue weighted by Crippen LogP contribution is -2.56. The summed E-state index contributed by atoms with van der Waals surface area (Å²) in [7, 11) is 1.52. The molecule has 0 aliphatic carbocycles. The fourth-order valence-corrected chi connectivity index (χ4v) is 3.51. The standard InChI is InChI=1S/C25H32FN3O5/c1-6-15(2)16(3)27-17(4)24(31)28-21-11-12-29(14-22(21)34-5)23(30)10-9-18-7-8-19(25(32)33)13-20(18)26/h7-10,13,21-22H,6,11-12,14H2,1-5H3,(H,28,31)(H,32,33)/b10-9+,16-15+,27-17?/t21-,22+/m1/s1. The van der Waals surface area contributed by atoms with Crippen LogP contribution in [0.5, 0.6) is 0 Å². The summed E-state index contributed by atoms with van der Waals surface area (Å²) in [5.41, 5.74) is 2.23. The first kappa shape index (κ1) is 26.9. The zero-order valence-corrected chi connectivity index (χ0v) is 20.2. The zero-order chi connectivity index (χ0) is 25.4. The van der Waals surface area contributed by atoms with E-state index in [4.69, 9.17) is 9.84 Å². The third kappa shape index (κ3) is 7.08. The molecule has 1 aromatic carbocycles. The number of piperidine rings is 1. The normalized spacial score (nSPS) is 19.7. The van der Waals surface area contributed by atoms with Crippen LogP contribution in [-0.2, 0) is 14.3 Å². The van der Waals surface area contributed by atoms with Gasteiger partial charge in [0, 0.05) is 37.5 Å². The van der Waals surface area contributed by atoms with Crippen LogP contribution < -0.4 is 5.32 Å². The number of hydrogen-bond acceptors (Lipinski definition) is 5. The Labute approximate surface area is 199 Å². The third-order valence-corrected chi connectivity index (χ3v) is 5.95. The van der Waals surface area contributed by atoms with Crippen molar-refractivity contribution in [3.63, 3.8) is 0 Å². The predicted octanol–water partition coefficient (Wildman–Crippen LogP) is 3.43. The van der Waals surface area contributed by atoms with E-state index in [9.17, 15) is 18.8 Å². The first-order valence-corrected chi connectivity index (χ1v) is 11.1. The summed E-state index contributed by atoms with van der Waals surface area (Å²) in [6, 6.07) is 3.21. The molecule has 1 heterocycles. The maximum absolute atomic E-state index is 14.1. The molecule has 2 amide bonds. The molecule has 2 rings (SSSR count). The second kappa shape index (κ2) is 12.2. The Balaban J connectivity index is 2.01. The average Bonchev–Trinajstić information content (AvgIpc) is 2.82. The van der Waals surface area contributed by atoms with E-state index in [0.717, 1.165) is 23.8 Å². The predicted molar refractivity (Wildman–Crippen MR) is 128 cm³/mol. The van der Waals surface area contributed by atoms with Gasteiger partial charge in [-0.3, -0.25) is 14.6 Å². The van der Waals surface area contributed by atoms with Crippen LogP contribution in [0.2, 0.25) is 0 Å². The molecule has 34 heavy (non-hydrogen) atoms. The number of aromatic carboxylic acids is 1. The number of allylic oxidation sites excluding steroid dienone is 2. The van der Waals surface area contributed by atoms with Gasteiger partial charge in [0.05, 0.1) is 17.7 Å². The molecule has 0 unspecified atom stereocenters. The maximum atomic E-state index is 14.1. The van der Waals surface area contributed by atoms with Crippen molar-refractivity contribution in [2.24, 2.45) is 4.99 Å². The molecule has 0 bridgehead atoms. The van der Waals surface area contributed by atoms with E-state index in [1.807, 2.05) is 20.8 Å². The number of methoxy groups -OCH3 is 1. The molecule has 2 N–H and O–H groups in total. The molecule has 8 nitrogen and oxygen atoms in total. The monoisotopic (exact) mass is 473 g/mol. The van der Waals surface area contributed by atoms with Gasteiger partial charge in [-0.25, -0.2) is 9.18 Å². The maximum Gasteiger partial charge on any atom is 0.335 e. The zero-order valence-electron chi connectivity index (χ0n) is 20.2. The van der Waals surface area contributed by atoms with E-state index in [1.54, 1.807) is 11.8 Å². The Morgan fingerprint density at radius 2 is 2.00 bits per heavy atom. The molecule has 1 saturated heterocycles. The number of hydrogen-bond donors (Lipinski definition) is 2. The summed E-state index contributed by atoms with van der Waals surface area (Å²) < 4.78 is 19.6. The Morgan fingerprint density at radius 1 is 1.29 bits per heavy atom. The molecule has 1 aliphatic heterocycles. The van der Waals surface area contributed by atoms with Gasteiger partial charge in [-0.1, -0.05) is 18.6 Å². The molecule has 0 aromatic heterocycles. The largest absolute Gasteiger partial charge is 0.478 e. The van der Waals surface area contributed by atoms with Gasteiger partial charge in [-0.2, -0.15) is 0 Å². The van der Waals surface area contributed by atoms with Crippen LogP contribution in [0.15, 0.2) is 40.5 Å². The number of carboxylic acids is 1. The van der Waals surface area contributed by atoms with Crippen molar-refractivity contribution in [1.29, 1.82) is 0 Å². The number of amides is 2. The van der Waals surface area contributed by atoms with Crippen molar-refractivity contribution in [2.75, 3.05) is 20.2 Å². The van der Waals surface area contributed by atoms with Crippen molar-refractivity contribution < 1.29 is 28.6 Å². The van der Waals surface area contributed by atoms with Crippen LogP contribution in [0.1, 0.15) is 56.5 Å². The second-order valence-electron chi connectivity index (χ2n) is 8.22. The number of aliphatic imine (C=N–C) groups is 1. The average molecular weight is 474 g/mol. The van der Waals surface area contributed by atoms with E-state index < -0.39 is 17.9 Å². The van der Waals surface area contributed by atoms with E-state index >= 15 is 0 Å². The van der Waals surface area contributed by atoms with Crippen molar-refractivity contribution >= 4 is 29.6 Å². The molecule has 1 aromatic rings. The summed E-state index contributed by atoms with van der Waals surface area (Å²) in [5.74, 6) is -2.57.